The summed E-state index contributed by atoms with van der Waals surface area (Å²) in [4.78, 5) is 37.6. The molecule has 3 nitrogen and oxygen atoms in total. The minimum Gasteiger partial charge on any atom is -0.298 e. The molecule has 0 fully saturated rings. The Morgan fingerprint density at radius 1 is 0.741 bits per heavy atom. The number of carbonyl (C=O) groups excluding carboxylic acids is 3. The zero-order valence-electron chi connectivity index (χ0n) is 13.7. The molecule has 0 aliphatic carbocycles. The van der Waals surface area contributed by atoms with Gasteiger partial charge in [-0.2, -0.15) is 0 Å². The topological polar surface area (TPSA) is 51.2 Å². The van der Waals surface area contributed by atoms with E-state index in [-0.39, 0.29) is 22.7 Å². The third kappa shape index (κ3) is 4.18. The fourth-order valence-corrected chi connectivity index (χ4v) is 3.91. The lowest BCUT2D eigenvalue weighted by Crippen LogP contribution is -2.13. The Labute approximate surface area is 181 Å². The molecular weight excluding hydrogens is 540 g/mol. The van der Waals surface area contributed by atoms with Gasteiger partial charge < -0.3 is 0 Å². The number of ketones is 2. The van der Waals surface area contributed by atoms with Crippen LogP contribution in [0, 0.1) is 0 Å². The van der Waals surface area contributed by atoms with Crippen molar-refractivity contribution < 1.29 is 14.4 Å². The Morgan fingerprint density at radius 2 is 1.44 bits per heavy atom. The van der Waals surface area contributed by atoms with Crippen molar-refractivity contribution in [2.45, 2.75) is 0 Å². The Bertz CT molecular complexity index is 1060. The zero-order chi connectivity index (χ0) is 19.6. The molecule has 0 aliphatic rings. The number of benzene rings is 3. The Morgan fingerprint density at radius 3 is 2.07 bits per heavy atom. The molecule has 0 unspecified atom stereocenters. The van der Waals surface area contributed by atoms with E-state index < -0.39 is 0 Å². The third-order valence-corrected chi connectivity index (χ3v) is 5.84. The number of hydrogen-bond acceptors (Lipinski definition) is 3. The normalized spacial score (nSPS) is 10.5. The van der Waals surface area contributed by atoms with Crippen molar-refractivity contribution >= 4 is 65.6 Å². The van der Waals surface area contributed by atoms with Crippen molar-refractivity contribution in [2.75, 3.05) is 0 Å². The molecule has 0 bridgehead atoms. The number of aldehydes is 1. The van der Waals surface area contributed by atoms with E-state index in [1.165, 1.54) is 12.1 Å². The van der Waals surface area contributed by atoms with E-state index in [1.807, 2.05) is 6.07 Å². The predicted octanol–water partition coefficient (Wildman–Crippen LogP) is 6.25. The SMILES string of the molecule is O=Cc1ccc(C(=O)c2ccc(Br)cc2)c(C(=O)c2cccc(Br)c2)c1Br. The molecule has 0 saturated heterocycles. The molecule has 0 aliphatic heterocycles. The molecule has 0 spiro atoms. The molecule has 6 heteroatoms. The number of carbonyl (C=O) groups is 3. The van der Waals surface area contributed by atoms with Crippen LogP contribution in [0.5, 0.6) is 0 Å². The first kappa shape index (κ1) is 19.9. The van der Waals surface area contributed by atoms with Crippen LogP contribution in [0.2, 0.25) is 0 Å². The van der Waals surface area contributed by atoms with Crippen LogP contribution in [-0.2, 0) is 0 Å². The lowest BCUT2D eigenvalue weighted by molar-refractivity contribution is 0.100. The van der Waals surface area contributed by atoms with Crippen LogP contribution >= 0.6 is 47.8 Å². The molecule has 3 rings (SSSR count). The largest absolute Gasteiger partial charge is 0.298 e. The molecule has 3 aromatic carbocycles. The maximum absolute atomic E-state index is 13.2. The molecule has 0 N–H and O–H groups in total. The van der Waals surface area contributed by atoms with Gasteiger partial charge in [0.25, 0.3) is 0 Å². The molecule has 0 amide bonds. The Kier molecular flexibility index (Phi) is 6.19. The van der Waals surface area contributed by atoms with Crippen molar-refractivity contribution in [2.24, 2.45) is 0 Å². The summed E-state index contributed by atoms with van der Waals surface area (Å²) >= 11 is 10.0. The second-order valence-electron chi connectivity index (χ2n) is 5.68. The number of hydrogen-bond donors (Lipinski definition) is 0. The summed E-state index contributed by atoms with van der Waals surface area (Å²) in [5.74, 6) is -0.633. The minimum absolute atomic E-state index is 0.172. The van der Waals surface area contributed by atoms with Gasteiger partial charge in [-0.25, -0.2) is 0 Å². The fourth-order valence-electron chi connectivity index (χ4n) is 2.63. The summed E-state index contributed by atoms with van der Waals surface area (Å²) in [5, 5.41) is 0. The maximum atomic E-state index is 13.2. The quantitative estimate of drug-likeness (QED) is 0.279. The fraction of sp³-hybridized carbons (Fsp3) is 0. The number of rotatable bonds is 5. The van der Waals surface area contributed by atoms with Gasteiger partial charge in [-0.05, 0) is 64.5 Å². The summed E-state index contributed by atoms with van der Waals surface area (Å²) in [5.41, 5.74) is 1.58. The third-order valence-electron chi connectivity index (χ3n) is 3.96. The van der Waals surface area contributed by atoms with Crippen molar-refractivity contribution in [1.82, 2.24) is 0 Å². The van der Waals surface area contributed by atoms with E-state index >= 15 is 0 Å². The van der Waals surface area contributed by atoms with E-state index in [0.29, 0.717) is 27.4 Å². The van der Waals surface area contributed by atoms with E-state index in [2.05, 4.69) is 47.8 Å². The van der Waals surface area contributed by atoms with Crippen LogP contribution in [0.4, 0.5) is 0 Å². The summed E-state index contributed by atoms with van der Waals surface area (Å²) in [6, 6.07) is 16.8. The van der Waals surface area contributed by atoms with Gasteiger partial charge in [-0.15, -0.1) is 0 Å². The highest BCUT2D eigenvalue weighted by Crippen LogP contribution is 2.29. The Balaban J connectivity index is 2.19. The van der Waals surface area contributed by atoms with E-state index in [0.717, 1.165) is 8.95 Å². The lowest BCUT2D eigenvalue weighted by Gasteiger charge is -2.12. The molecule has 134 valence electrons. The highest BCUT2D eigenvalue weighted by Gasteiger charge is 2.24. The van der Waals surface area contributed by atoms with Gasteiger partial charge in [0.15, 0.2) is 17.9 Å². The van der Waals surface area contributed by atoms with E-state index in [4.69, 9.17) is 0 Å². The first-order valence-electron chi connectivity index (χ1n) is 7.80. The highest BCUT2D eigenvalue weighted by atomic mass is 79.9. The average molecular weight is 551 g/mol. The van der Waals surface area contributed by atoms with Gasteiger partial charge in [0, 0.05) is 41.2 Å². The molecule has 27 heavy (non-hydrogen) atoms. The van der Waals surface area contributed by atoms with Gasteiger partial charge >= 0.3 is 0 Å². The van der Waals surface area contributed by atoms with Gasteiger partial charge in [-0.3, -0.25) is 14.4 Å². The van der Waals surface area contributed by atoms with Crippen molar-refractivity contribution in [1.29, 1.82) is 0 Å². The van der Waals surface area contributed by atoms with Crippen LogP contribution < -0.4 is 0 Å². The molecule has 0 radical (unpaired) electrons. The molecule has 0 aromatic heterocycles. The summed E-state index contributed by atoms with van der Waals surface area (Å²) in [6.07, 6.45) is 0.648. The smallest absolute Gasteiger partial charge is 0.194 e. The first-order chi connectivity index (χ1) is 12.9. The van der Waals surface area contributed by atoms with Crippen LogP contribution in [0.25, 0.3) is 0 Å². The molecular formula is C21H11Br3O3. The zero-order valence-corrected chi connectivity index (χ0v) is 18.5. The lowest BCUT2D eigenvalue weighted by atomic mass is 9.92. The Hall–Kier alpha value is -1.89. The monoisotopic (exact) mass is 548 g/mol. The van der Waals surface area contributed by atoms with Crippen molar-refractivity contribution in [3.8, 4) is 0 Å². The summed E-state index contributed by atoms with van der Waals surface area (Å²) in [7, 11) is 0. The number of halogens is 3. The van der Waals surface area contributed by atoms with Gasteiger partial charge in [0.05, 0.1) is 0 Å². The predicted molar refractivity (Wildman–Crippen MR) is 115 cm³/mol. The first-order valence-corrected chi connectivity index (χ1v) is 10.2. The minimum atomic E-state index is -0.340. The highest BCUT2D eigenvalue weighted by molar-refractivity contribution is 9.11. The van der Waals surface area contributed by atoms with Gasteiger partial charge in [0.2, 0.25) is 0 Å². The molecule has 0 heterocycles. The standard InChI is InChI=1S/C21H11Br3O3/c22-15-7-4-12(5-8-15)20(26)17-9-6-14(11-25)19(24)18(17)21(27)13-2-1-3-16(23)10-13/h1-11H. The van der Waals surface area contributed by atoms with Crippen molar-refractivity contribution in [3.05, 3.63) is 102 Å². The molecule has 3 aromatic rings. The van der Waals surface area contributed by atoms with Crippen LogP contribution in [-0.4, -0.2) is 17.9 Å². The van der Waals surface area contributed by atoms with Crippen molar-refractivity contribution in [3.63, 3.8) is 0 Å². The average Bonchev–Trinajstić information content (AvgIpc) is 2.67. The van der Waals surface area contributed by atoms with Crippen LogP contribution in [0.15, 0.2) is 74.1 Å². The van der Waals surface area contributed by atoms with Crippen LogP contribution in [0.1, 0.15) is 42.2 Å². The second-order valence-corrected chi connectivity index (χ2v) is 8.31. The second kappa shape index (κ2) is 8.42. The van der Waals surface area contributed by atoms with Gasteiger partial charge in [-0.1, -0.05) is 44.0 Å². The molecule has 0 saturated carbocycles. The maximum Gasteiger partial charge on any atom is 0.194 e. The van der Waals surface area contributed by atoms with Crippen LogP contribution in [0.3, 0.4) is 0 Å². The summed E-state index contributed by atoms with van der Waals surface area (Å²) in [6.45, 7) is 0. The van der Waals surface area contributed by atoms with Gasteiger partial charge in [0.1, 0.15) is 0 Å². The summed E-state index contributed by atoms with van der Waals surface area (Å²) < 4.78 is 1.91. The van der Waals surface area contributed by atoms with E-state index in [9.17, 15) is 14.4 Å². The molecule has 0 atom stereocenters. The van der Waals surface area contributed by atoms with E-state index in [1.54, 1.807) is 42.5 Å².